The van der Waals surface area contributed by atoms with Gasteiger partial charge in [0.05, 0.1) is 6.61 Å². The highest BCUT2D eigenvalue weighted by Crippen LogP contribution is 2.28. The minimum atomic E-state index is -1.07. The second-order valence-electron chi connectivity index (χ2n) is 6.51. The van der Waals surface area contributed by atoms with Crippen LogP contribution in [0.2, 0.25) is 0 Å². The van der Waals surface area contributed by atoms with Crippen molar-refractivity contribution in [2.24, 2.45) is 5.41 Å². The molecule has 1 aromatic rings. The van der Waals surface area contributed by atoms with Gasteiger partial charge in [-0.25, -0.2) is 8.78 Å². The first kappa shape index (κ1) is 19.5. The fourth-order valence-electron chi connectivity index (χ4n) is 3.05. The van der Waals surface area contributed by atoms with E-state index in [-0.39, 0.29) is 35.5 Å². The largest absolute Gasteiger partial charge is 0.384 e. The second-order valence-corrected chi connectivity index (χ2v) is 6.51. The lowest BCUT2D eigenvalue weighted by Crippen LogP contribution is -2.47. The molecule has 2 rings (SSSR count). The maximum absolute atomic E-state index is 13.2. The van der Waals surface area contributed by atoms with Crippen LogP contribution in [0, 0.1) is 17.0 Å². The van der Waals surface area contributed by atoms with E-state index in [0.29, 0.717) is 13.2 Å². The van der Waals surface area contributed by atoms with Crippen LogP contribution in [0.3, 0.4) is 0 Å². The third kappa shape index (κ3) is 5.57. The number of Topliss-reactive ketones (excluding diaryl/α,β-unsaturated/α-hetero) is 1. The predicted molar refractivity (Wildman–Crippen MR) is 89.3 cm³/mol. The van der Waals surface area contributed by atoms with Crippen molar-refractivity contribution in [2.45, 2.75) is 25.7 Å². The summed E-state index contributed by atoms with van der Waals surface area (Å²) in [5, 5.41) is 6.15. The molecule has 138 valence electrons. The Hall–Kier alpha value is -1.86. The maximum atomic E-state index is 13.2. The summed E-state index contributed by atoms with van der Waals surface area (Å²) in [7, 11) is 1.64. The molecule has 5 nitrogen and oxygen atoms in total. The Morgan fingerprint density at radius 3 is 2.56 bits per heavy atom. The zero-order chi connectivity index (χ0) is 18.3. The van der Waals surface area contributed by atoms with Crippen LogP contribution >= 0.6 is 0 Å². The lowest BCUT2D eigenvalue weighted by atomic mass is 9.79. The van der Waals surface area contributed by atoms with Crippen LogP contribution in [0.1, 0.15) is 36.0 Å². The Bertz CT molecular complexity index is 611. The van der Waals surface area contributed by atoms with E-state index >= 15 is 0 Å². The van der Waals surface area contributed by atoms with Crippen molar-refractivity contribution in [1.29, 1.82) is 0 Å². The van der Waals surface area contributed by atoms with Crippen LogP contribution in [-0.2, 0) is 9.53 Å². The number of ether oxygens (including phenoxy) is 1. The fraction of sp³-hybridized carbons (Fsp3) is 0.556. The monoisotopic (exact) mass is 354 g/mol. The number of amides is 1. The van der Waals surface area contributed by atoms with Crippen LogP contribution in [0.4, 0.5) is 8.78 Å². The molecular weight excluding hydrogens is 330 g/mol. The Morgan fingerprint density at radius 1 is 1.20 bits per heavy atom. The van der Waals surface area contributed by atoms with E-state index in [4.69, 9.17) is 4.74 Å². The molecule has 0 unspecified atom stereocenters. The molecule has 0 aliphatic carbocycles. The number of hydrogen-bond donors (Lipinski definition) is 2. The first-order chi connectivity index (χ1) is 12.0. The lowest BCUT2D eigenvalue weighted by molar-refractivity contribution is -0.122. The molecule has 1 aromatic carbocycles. The standard InChI is InChI=1S/C18H24F2N2O3/c1-25-12-18(6-8-21-9-7-18)11-22-17(24)5-4-16(23)13-2-3-14(19)15(20)10-13/h2-3,10,21H,4-9,11-12H2,1H3,(H,22,24). The van der Waals surface area contributed by atoms with Crippen molar-refractivity contribution >= 4 is 11.7 Å². The summed E-state index contributed by atoms with van der Waals surface area (Å²) in [6.45, 7) is 2.84. The van der Waals surface area contributed by atoms with Gasteiger partial charge in [0.2, 0.25) is 5.91 Å². The van der Waals surface area contributed by atoms with Crippen LogP contribution in [0.15, 0.2) is 18.2 Å². The number of rotatable bonds is 8. The zero-order valence-electron chi connectivity index (χ0n) is 14.4. The van der Waals surface area contributed by atoms with E-state index in [2.05, 4.69) is 10.6 Å². The van der Waals surface area contributed by atoms with Crippen molar-refractivity contribution in [3.63, 3.8) is 0 Å². The molecule has 0 atom stereocenters. The van der Waals surface area contributed by atoms with Gasteiger partial charge in [-0.15, -0.1) is 0 Å². The maximum Gasteiger partial charge on any atom is 0.220 e. The van der Waals surface area contributed by atoms with Gasteiger partial charge >= 0.3 is 0 Å². The summed E-state index contributed by atoms with van der Waals surface area (Å²) in [5.41, 5.74) is -0.0133. The van der Waals surface area contributed by atoms with Gasteiger partial charge in [0.1, 0.15) is 0 Å². The highest BCUT2D eigenvalue weighted by molar-refractivity contribution is 5.97. The van der Waals surface area contributed by atoms with Crippen molar-refractivity contribution in [3.8, 4) is 0 Å². The SMILES string of the molecule is COCC1(CNC(=O)CCC(=O)c2ccc(F)c(F)c2)CCNCC1. The third-order valence-corrected chi connectivity index (χ3v) is 4.60. The number of methoxy groups -OCH3 is 1. The average molecular weight is 354 g/mol. The molecule has 1 fully saturated rings. The molecule has 0 bridgehead atoms. The number of carbonyl (C=O) groups is 2. The summed E-state index contributed by atoms with van der Waals surface area (Å²) in [5.74, 6) is -2.69. The third-order valence-electron chi connectivity index (χ3n) is 4.60. The minimum absolute atomic E-state index is 0.0130. The minimum Gasteiger partial charge on any atom is -0.384 e. The number of piperidine rings is 1. The number of carbonyl (C=O) groups excluding carboxylic acids is 2. The normalized spacial score (nSPS) is 16.4. The molecule has 2 N–H and O–H groups in total. The molecule has 1 saturated heterocycles. The molecule has 7 heteroatoms. The predicted octanol–water partition coefficient (Wildman–Crippen LogP) is 2.06. The summed E-state index contributed by atoms with van der Waals surface area (Å²) in [4.78, 5) is 24.0. The molecule has 25 heavy (non-hydrogen) atoms. The van der Waals surface area contributed by atoms with E-state index in [1.807, 2.05) is 0 Å². The molecule has 1 aliphatic rings. The zero-order valence-corrected chi connectivity index (χ0v) is 14.4. The van der Waals surface area contributed by atoms with Gasteiger partial charge in [-0.1, -0.05) is 0 Å². The first-order valence-corrected chi connectivity index (χ1v) is 8.40. The van der Waals surface area contributed by atoms with E-state index in [1.165, 1.54) is 6.07 Å². The number of halogens is 2. The number of ketones is 1. The Balaban J connectivity index is 1.81. The van der Waals surface area contributed by atoms with Gasteiger partial charge < -0.3 is 15.4 Å². The number of nitrogens with one attached hydrogen (secondary N) is 2. The number of benzene rings is 1. The summed E-state index contributed by atoms with van der Waals surface area (Å²) < 4.78 is 31.3. The highest BCUT2D eigenvalue weighted by Gasteiger charge is 2.32. The molecule has 1 heterocycles. The Labute approximate surface area is 146 Å². The molecule has 1 amide bonds. The van der Waals surface area contributed by atoms with Crippen LogP contribution in [0.5, 0.6) is 0 Å². The molecule has 0 aromatic heterocycles. The molecule has 0 radical (unpaired) electrons. The number of hydrogen-bond acceptors (Lipinski definition) is 4. The first-order valence-electron chi connectivity index (χ1n) is 8.40. The van der Waals surface area contributed by atoms with E-state index < -0.39 is 11.6 Å². The molecule has 1 aliphatic heterocycles. The smallest absolute Gasteiger partial charge is 0.220 e. The van der Waals surface area contributed by atoms with Crippen molar-refractivity contribution in [1.82, 2.24) is 10.6 Å². The van der Waals surface area contributed by atoms with Crippen molar-refractivity contribution in [3.05, 3.63) is 35.4 Å². The second kappa shape index (κ2) is 9.01. The van der Waals surface area contributed by atoms with Crippen LogP contribution < -0.4 is 10.6 Å². The van der Waals surface area contributed by atoms with E-state index in [1.54, 1.807) is 7.11 Å². The average Bonchev–Trinajstić information content (AvgIpc) is 2.61. The van der Waals surface area contributed by atoms with Gasteiger partial charge in [-0.3, -0.25) is 9.59 Å². The topological polar surface area (TPSA) is 67.4 Å². The molecular formula is C18H24F2N2O3. The summed E-state index contributed by atoms with van der Waals surface area (Å²) in [6.07, 6.45) is 1.79. The van der Waals surface area contributed by atoms with E-state index in [0.717, 1.165) is 38.1 Å². The fourth-order valence-corrected chi connectivity index (χ4v) is 3.05. The van der Waals surface area contributed by atoms with Gasteiger partial charge in [-0.05, 0) is 44.1 Å². The van der Waals surface area contributed by atoms with Crippen LogP contribution in [0.25, 0.3) is 0 Å². The van der Waals surface area contributed by atoms with Crippen LogP contribution in [-0.4, -0.2) is 45.0 Å². The summed E-state index contributed by atoms with van der Waals surface area (Å²) >= 11 is 0. The highest BCUT2D eigenvalue weighted by atomic mass is 19.2. The molecule has 0 saturated carbocycles. The van der Waals surface area contributed by atoms with Gasteiger partial charge in [0.15, 0.2) is 17.4 Å². The van der Waals surface area contributed by atoms with Crippen molar-refractivity contribution in [2.75, 3.05) is 33.4 Å². The van der Waals surface area contributed by atoms with Gasteiger partial charge in [0, 0.05) is 37.5 Å². The van der Waals surface area contributed by atoms with Crippen molar-refractivity contribution < 1.29 is 23.1 Å². The Kier molecular flexibility index (Phi) is 7.01. The van der Waals surface area contributed by atoms with E-state index in [9.17, 15) is 18.4 Å². The van der Waals surface area contributed by atoms with Gasteiger partial charge in [0.25, 0.3) is 0 Å². The summed E-state index contributed by atoms with van der Waals surface area (Å²) in [6, 6.07) is 2.99. The lowest BCUT2D eigenvalue weighted by Gasteiger charge is -2.37. The quantitative estimate of drug-likeness (QED) is 0.702. The van der Waals surface area contributed by atoms with Gasteiger partial charge in [-0.2, -0.15) is 0 Å². The Morgan fingerprint density at radius 2 is 1.92 bits per heavy atom. The molecule has 0 spiro atoms.